The predicted molar refractivity (Wildman–Crippen MR) is 71.1 cm³/mol. The molecule has 0 heterocycles. The van der Waals surface area contributed by atoms with E-state index in [1.165, 1.54) is 18.9 Å². The Hall–Kier alpha value is -1.39. The lowest BCUT2D eigenvalue weighted by Gasteiger charge is -2.26. The number of halogens is 3. The highest BCUT2D eigenvalue weighted by atomic mass is 19.4. The minimum absolute atomic E-state index is 0.212. The van der Waals surface area contributed by atoms with Gasteiger partial charge in [-0.15, -0.1) is 0 Å². The van der Waals surface area contributed by atoms with Crippen LogP contribution < -0.4 is 10.6 Å². The minimum atomic E-state index is -4.33. The summed E-state index contributed by atoms with van der Waals surface area (Å²) in [6, 6.07) is 3.64. The first-order chi connectivity index (χ1) is 8.91. The number of rotatable bonds is 5. The second-order valence-electron chi connectivity index (χ2n) is 5.16. The average molecular weight is 272 g/mol. The van der Waals surface area contributed by atoms with Crippen LogP contribution >= 0.6 is 0 Å². The maximum absolute atomic E-state index is 12.6. The molecular weight excluding hydrogens is 253 g/mol. The molecule has 19 heavy (non-hydrogen) atoms. The molecule has 5 heteroatoms. The molecule has 1 aromatic rings. The SMILES string of the molecule is CCCN(CC1CC1)c1ccc(C(F)(F)F)cc1N. The molecule has 2 rings (SSSR count). The summed E-state index contributed by atoms with van der Waals surface area (Å²) in [4.78, 5) is 2.10. The van der Waals surface area contributed by atoms with Crippen LogP contribution in [-0.4, -0.2) is 13.1 Å². The number of benzene rings is 1. The van der Waals surface area contributed by atoms with E-state index in [-0.39, 0.29) is 5.69 Å². The summed E-state index contributed by atoms with van der Waals surface area (Å²) in [7, 11) is 0. The van der Waals surface area contributed by atoms with Crippen LogP contribution in [-0.2, 0) is 6.18 Å². The van der Waals surface area contributed by atoms with Gasteiger partial charge in [0.15, 0.2) is 0 Å². The molecule has 0 aliphatic heterocycles. The van der Waals surface area contributed by atoms with Gasteiger partial charge in [-0.05, 0) is 43.4 Å². The largest absolute Gasteiger partial charge is 0.416 e. The fourth-order valence-electron chi connectivity index (χ4n) is 2.21. The van der Waals surface area contributed by atoms with Crippen molar-refractivity contribution in [1.29, 1.82) is 0 Å². The molecule has 0 saturated heterocycles. The maximum atomic E-state index is 12.6. The molecule has 0 spiro atoms. The molecule has 0 unspecified atom stereocenters. The van der Waals surface area contributed by atoms with Crippen LogP contribution in [0.15, 0.2) is 18.2 Å². The Bertz CT molecular complexity index is 439. The summed E-state index contributed by atoms with van der Waals surface area (Å²) in [6.07, 6.45) is -0.965. The number of nitrogens with two attached hydrogens (primary N) is 1. The molecule has 0 bridgehead atoms. The Morgan fingerprint density at radius 2 is 2.00 bits per heavy atom. The summed E-state index contributed by atoms with van der Waals surface area (Å²) < 4.78 is 37.8. The zero-order chi connectivity index (χ0) is 14.0. The molecule has 1 aliphatic rings. The van der Waals surface area contributed by atoms with Crippen LogP contribution in [0.4, 0.5) is 24.5 Å². The van der Waals surface area contributed by atoms with Gasteiger partial charge in [0.05, 0.1) is 16.9 Å². The van der Waals surface area contributed by atoms with E-state index >= 15 is 0 Å². The zero-order valence-corrected chi connectivity index (χ0v) is 11.0. The van der Waals surface area contributed by atoms with Crippen LogP contribution in [0.25, 0.3) is 0 Å². The van der Waals surface area contributed by atoms with Crippen molar-refractivity contribution in [2.24, 2.45) is 5.92 Å². The normalized spacial score (nSPS) is 15.6. The highest BCUT2D eigenvalue weighted by Gasteiger charge is 2.31. The molecule has 0 atom stereocenters. The van der Waals surface area contributed by atoms with Crippen LogP contribution in [0.1, 0.15) is 31.7 Å². The third-order valence-electron chi connectivity index (χ3n) is 3.36. The van der Waals surface area contributed by atoms with E-state index in [1.54, 1.807) is 0 Å². The Balaban J connectivity index is 2.21. The lowest BCUT2D eigenvalue weighted by atomic mass is 10.1. The molecule has 0 radical (unpaired) electrons. The third kappa shape index (κ3) is 3.55. The number of anilines is 2. The van der Waals surface area contributed by atoms with Crippen molar-refractivity contribution in [2.75, 3.05) is 23.7 Å². The van der Waals surface area contributed by atoms with Gasteiger partial charge in [-0.25, -0.2) is 0 Å². The first-order valence-corrected chi connectivity index (χ1v) is 6.63. The van der Waals surface area contributed by atoms with E-state index in [0.717, 1.165) is 37.3 Å². The van der Waals surface area contributed by atoms with Gasteiger partial charge in [0.25, 0.3) is 0 Å². The lowest BCUT2D eigenvalue weighted by molar-refractivity contribution is -0.137. The number of alkyl halides is 3. The summed E-state index contributed by atoms with van der Waals surface area (Å²) in [6.45, 7) is 3.77. The highest BCUT2D eigenvalue weighted by Crippen LogP contribution is 2.36. The van der Waals surface area contributed by atoms with Crippen molar-refractivity contribution in [3.05, 3.63) is 23.8 Å². The maximum Gasteiger partial charge on any atom is 0.416 e. The summed E-state index contributed by atoms with van der Waals surface area (Å²) in [5.41, 5.74) is 6.06. The summed E-state index contributed by atoms with van der Waals surface area (Å²) >= 11 is 0. The van der Waals surface area contributed by atoms with Gasteiger partial charge < -0.3 is 10.6 Å². The fourth-order valence-corrected chi connectivity index (χ4v) is 2.21. The summed E-state index contributed by atoms with van der Waals surface area (Å²) in [5, 5.41) is 0. The quantitative estimate of drug-likeness (QED) is 0.823. The zero-order valence-electron chi connectivity index (χ0n) is 11.0. The van der Waals surface area contributed by atoms with Gasteiger partial charge in [-0.1, -0.05) is 6.92 Å². The Morgan fingerprint density at radius 1 is 1.32 bits per heavy atom. The van der Waals surface area contributed by atoms with Crippen molar-refractivity contribution in [3.8, 4) is 0 Å². The van der Waals surface area contributed by atoms with Crippen LogP contribution in [0.3, 0.4) is 0 Å². The first-order valence-electron chi connectivity index (χ1n) is 6.63. The van der Waals surface area contributed by atoms with Crippen molar-refractivity contribution >= 4 is 11.4 Å². The standard InChI is InChI=1S/C14H19F3N2/c1-2-7-19(9-10-3-4-10)13-6-5-11(8-12(13)18)14(15,16)17/h5-6,8,10H,2-4,7,9,18H2,1H3. The molecule has 1 saturated carbocycles. The van der Waals surface area contributed by atoms with Crippen molar-refractivity contribution in [1.82, 2.24) is 0 Å². The Kier molecular flexibility index (Phi) is 3.92. The molecule has 0 aromatic heterocycles. The van der Waals surface area contributed by atoms with Gasteiger partial charge >= 0.3 is 6.18 Å². The van der Waals surface area contributed by atoms with Gasteiger partial charge in [0, 0.05) is 13.1 Å². The summed E-state index contributed by atoms with van der Waals surface area (Å²) in [5.74, 6) is 0.674. The Labute approximate surface area is 111 Å². The van der Waals surface area contributed by atoms with Crippen molar-refractivity contribution in [2.45, 2.75) is 32.4 Å². The van der Waals surface area contributed by atoms with E-state index in [2.05, 4.69) is 11.8 Å². The minimum Gasteiger partial charge on any atom is -0.397 e. The van der Waals surface area contributed by atoms with Gasteiger partial charge in [0.1, 0.15) is 0 Å². The van der Waals surface area contributed by atoms with E-state index in [9.17, 15) is 13.2 Å². The van der Waals surface area contributed by atoms with E-state index in [0.29, 0.717) is 5.92 Å². The monoisotopic (exact) mass is 272 g/mol. The number of nitrogen functional groups attached to an aromatic ring is 1. The topological polar surface area (TPSA) is 29.3 Å². The lowest BCUT2D eigenvalue weighted by Crippen LogP contribution is -2.27. The second-order valence-corrected chi connectivity index (χ2v) is 5.16. The van der Waals surface area contributed by atoms with Gasteiger partial charge in [0.2, 0.25) is 0 Å². The molecule has 1 aliphatic carbocycles. The van der Waals surface area contributed by atoms with Gasteiger partial charge in [-0.3, -0.25) is 0 Å². The van der Waals surface area contributed by atoms with Crippen molar-refractivity contribution < 1.29 is 13.2 Å². The molecular formula is C14H19F3N2. The van der Waals surface area contributed by atoms with Crippen molar-refractivity contribution in [3.63, 3.8) is 0 Å². The smallest absolute Gasteiger partial charge is 0.397 e. The van der Waals surface area contributed by atoms with E-state index in [1.807, 2.05) is 0 Å². The fraction of sp³-hybridized carbons (Fsp3) is 0.571. The number of hydrogen-bond acceptors (Lipinski definition) is 2. The first kappa shape index (κ1) is 14.0. The number of nitrogens with zero attached hydrogens (tertiary/aromatic N) is 1. The third-order valence-corrected chi connectivity index (χ3v) is 3.36. The molecule has 1 aromatic carbocycles. The second kappa shape index (κ2) is 5.31. The molecule has 1 fully saturated rings. The molecule has 0 amide bonds. The predicted octanol–water partition coefficient (Wildman–Crippen LogP) is 3.91. The van der Waals surface area contributed by atoms with Gasteiger partial charge in [-0.2, -0.15) is 13.2 Å². The van der Waals surface area contributed by atoms with E-state index < -0.39 is 11.7 Å². The highest BCUT2D eigenvalue weighted by molar-refractivity contribution is 5.68. The van der Waals surface area contributed by atoms with Crippen LogP contribution in [0.5, 0.6) is 0 Å². The van der Waals surface area contributed by atoms with Crippen LogP contribution in [0, 0.1) is 5.92 Å². The van der Waals surface area contributed by atoms with E-state index in [4.69, 9.17) is 5.73 Å². The van der Waals surface area contributed by atoms with Crippen LogP contribution in [0.2, 0.25) is 0 Å². The number of hydrogen-bond donors (Lipinski definition) is 1. The molecule has 2 nitrogen and oxygen atoms in total. The average Bonchev–Trinajstić information content (AvgIpc) is 3.11. The Morgan fingerprint density at radius 3 is 2.47 bits per heavy atom. The molecule has 106 valence electrons. The molecule has 2 N–H and O–H groups in total.